The molecular weight excluding hydrogens is 371 g/mol. The first-order valence-corrected chi connectivity index (χ1v) is 9.73. The summed E-state index contributed by atoms with van der Waals surface area (Å²) in [7, 11) is 0. The highest BCUT2D eigenvalue weighted by molar-refractivity contribution is 5.88. The number of aromatic nitrogens is 2. The van der Waals surface area contributed by atoms with Gasteiger partial charge in [0, 0.05) is 56.1 Å². The van der Waals surface area contributed by atoms with E-state index in [1.54, 1.807) is 28.3 Å². The van der Waals surface area contributed by atoms with Gasteiger partial charge in [0.05, 0.1) is 0 Å². The highest BCUT2D eigenvalue weighted by Crippen LogP contribution is 2.25. The fraction of sp³-hybridized carbons (Fsp3) is 0.318. The molecule has 1 N–H and O–H groups in total. The molecule has 3 aromatic rings. The van der Waals surface area contributed by atoms with Crippen molar-refractivity contribution in [3.63, 3.8) is 0 Å². The van der Waals surface area contributed by atoms with Crippen LogP contribution in [0.2, 0.25) is 0 Å². The molecule has 2 amide bonds. The molecule has 1 fully saturated rings. The summed E-state index contributed by atoms with van der Waals surface area (Å²) >= 11 is 0. The second kappa shape index (κ2) is 8.03. The van der Waals surface area contributed by atoms with E-state index in [2.05, 4.69) is 9.97 Å². The number of nitrogens with zero attached hydrogens (tertiary/aromatic N) is 3. The molecule has 2 aromatic heterocycles. The van der Waals surface area contributed by atoms with Gasteiger partial charge in [-0.15, -0.1) is 0 Å². The van der Waals surface area contributed by atoms with Crippen LogP contribution in [-0.4, -0.2) is 44.2 Å². The Morgan fingerprint density at radius 2 is 2.17 bits per heavy atom. The van der Waals surface area contributed by atoms with Crippen molar-refractivity contribution in [1.82, 2.24) is 19.8 Å². The Hall–Kier alpha value is -3.22. The smallest absolute Gasteiger partial charge is 0.245 e. The zero-order valence-corrected chi connectivity index (χ0v) is 16.3. The molecule has 29 heavy (non-hydrogen) atoms. The van der Waals surface area contributed by atoms with Gasteiger partial charge in [-0.25, -0.2) is 4.39 Å². The number of rotatable bonds is 5. The Kier molecular flexibility index (Phi) is 5.29. The number of fused-ring (bicyclic) bond motifs is 1. The van der Waals surface area contributed by atoms with Crippen LogP contribution in [0.1, 0.15) is 30.9 Å². The lowest BCUT2D eigenvalue weighted by molar-refractivity contribution is -0.143. The highest BCUT2D eigenvalue weighted by Gasteiger charge is 2.35. The van der Waals surface area contributed by atoms with Crippen molar-refractivity contribution in [3.05, 3.63) is 65.9 Å². The van der Waals surface area contributed by atoms with Gasteiger partial charge in [-0.2, -0.15) is 0 Å². The lowest BCUT2D eigenvalue weighted by atomic mass is 10.1. The van der Waals surface area contributed by atoms with E-state index in [0.29, 0.717) is 26.1 Å². The Morgan fingerprint density at radius 1 is 1.31 bits per heavy atom. The van der Waals surface area contributed by atoms with Gasteiger partial charge in [-0.05, 0) is 48.2 Å². The predicted molar refractivity (Wildman–Crippen MR) is 107 cm³/mol. The number of hydrogen-bond acceptors (Lipinski definition) is 3. The number of carbonyl (C=O) groups is 2. The molecule has 1 saturated heterocycles. The highest BCUT2D eigenvalue weighted by atomic mass is 19.1. The maximum absolute atomic E-state index is 13.8. The van der Waals surface area contributed by atoms with Gasteiger partial charge in [0.25, 0.3) is 0 Å². The second-order valence-corrected chi connectivity index (χ2v) is 7.43. The quantitative estimate of drug-likeness (QED) is 0.722. The largest absolute Gasteiger partial charge is 0.361 e. The number of amides is 2. The summed E-state index contributed by atoms with van der Waals surface area (Å²) in [5, 5.41) is 0.754. The third-order valence-corrected chi connectivity index (χ3v) is 5.44. The van der Waals surface area contributed by atoms with E-state index < -0.39 is 6.04 Å². The molecule has 7 heteroatoms. The van der Waals surface area contributed by atoms with Crippen LogP contribution in [0, 0.1) is 5.82 Å². The van der Waals surface area contributed by atoms with Crippen molar-refractivity contribution in [2.75, 3.05) is 6.54 Å². The van der Waals surface area contributed by atoms with Gasteiger partial charge in [0.2, 0.25) is 11.8 Å². The van der Waals surface area contributed by atoms with Crippen molar-refractivity contribution in [2.45, 2.75) is 38.9 Å². The third kappa shape index (κ3) is 3.99. The number of pyridine rings is 1. The van der Waals surface area contributed by atoms with Crippen molar-refractivity contribution in [3.8, 4) is 0 Å². The van der Waals surface area contributed by atoms with Crippen LogP contribution in [0.4, 0.5) is 4.39 Å². The van der Waals surface area contributed by atoms with Gasteiger partial charge in [-0.3, -0.25) is 14.6 Å². The van der Waals surface area contributed by atoms with E-state index in [4.69, 9.17) is 0 Å². The zero-order chi connectivity index (χ0) is 20.4. The standard InChI is InChI=1S/C22H23FN4O2/c1-15(28)27-9-3-5-21(27)22(29)26(13-16-4-2-8-24-11-16)14-17-12-25-20-7-6-18(23)10-19(17)20/h2,4,6-8,10-12,21,25H,3,5,9,13-14H2,1H3. The molecule has 1 aliphatic rings. The third-order valence-electron chi connectivity index (χ3n) is 5.44. The van der Waals surface area contributed by atoms with Gasteiger partial charge in [0.1, 0.15) is 11.9 Å². The minimum atomic E-state index is -0.453. The second-order valence-electron chi connectivity index (χ2n) is 7.43. The minimum Gasteiger partial charge on any atom is -0.361 e. The summed E-state index contributed by atoms with van der Waals surface area (Å²) in [5.74, 6) is -0.495. The molecule has 6 nitrogen and oxygen atoms in total. The molecule has 150 valence electrons. The SMILES string of the molecule is CC(=O)N1CCCC1C(=O)N(Cc1cccnc1)Cc1c[nH]c2ccc(F)cc12. The van der Waals surface area contributed by atoms with Gasteiger partial charge in [0.15, 0.2) is 0 Å². The molecule has 0 radical (unpaired) electrons. The number of likely N-dealkylation sites (tertiary alicyclic amines) is 1. The Bertz CT molecular complexity index is 1030. The molecule has 1 aliphatic heterocycles. The van der Waals surface area contributed by atoms with Gasteiger partial charge < -0.3 is 14.8 Å². The topological polar surface area (TPSA) is 69.3 Å². The van der Waals surface area contributed by atoms with E-state index in [1.165, 1.54) is 19.1 Å². The van der Waals surface area contributed by atoms with Crippen molar-refractivity contribution < 1.29 is 14.0 Å². The monoisotopic (exact) mass is 394 g/mol. The Morgan fingerprint density at radius 3 is 2.93 bits per heavy atom. The van der Waals surface area contributed by atoms with E-state index >= 15 is 0 Å². The van der Waals surface area contributed by atoms with E-state index in [0.717, 1.165) is 28.5 Å². The first-order chi connectivity index (χ1) is 14.0. The van der Waals surface area contributed by atoms with Crippen LogP contribution in [-0.2, 0) is 22.7 Å². The molecule has 0 bridgehead atoms. The molecule has 0 spiro atoms. The number of halogens is 1. The summed E-state index contributed by atoms with van der Waals surface area (Å²) < 4.78 is 13.8. The zero-order valence-electron chi connectivity index (χ0n) is 16.3. The average Bonchev–Trinajstić information content (AvgIpc) is 3.35. The molecule has 4 rings (SSSR count). The number of H-pyrrole nitrogens is 1. The normalized spacial score (nSPS) is 16.3. The van der Waals surface area contributed by atoms with Crippen LogP contribution in [0.3, 0.4) is 0 Å². The average molecular weight is 394 g/mol. The minimum absolute atomic E-state index is 0.0867. The van der Waals surface area contributed by atoms with E-state index in [9.17, 15) is 14.0 Å². The van der Waals surface area contributed by atoms with Crippen LogP contribution in [0.15, 0.2) is 48.9 Å². The summed E-state index contributed by atoms with van der Waals surface area (Å²) in [6.07, 6.45) is 6.70. The Labute approximate surface area is 168 Å². The van der Waals surface area contributed by atoms with Crippen LogP contribution in [0.5, 0.6) is 0 Å². The van der Waals surface area contributed by atoms with Gasteiger partial charge in [-0.1, -0.05) is 6.07 Å². The van der Waals surface area contributed by atoms with Crippen molar-refractivity contribution >= 4 is 22.7 Å². The number of nitrogens with one attached hydrogen (secondary N) is 1. The Balaban J connectivity index is 1.65. The van der Waals surface area contributed by atoms with E-state index in [-0.39, 0.29) is 17.6 Å². The maximum Gasteiger partial charge on any atom is 0.245 e. The summed E-state index contributed by atoms with van der Waals surface area (Å²) in [5.41, 5.74) is 2.56. The molecule has 1 unspecified atom stereocenters. The first-order valence-electron chi connectivity index (χ1n) is 9.73. The van der Waals surface area contributed by atoms with Crippen LogP contribution < -0.4 is 0 Å². The number of aromatic amines is 1. The molecule has 0 saturated carbocycles. The summed E-state index contributed by atoms with van der Waals surface area (Å²) in [6, 6.07) is 7.87. The number of hydrogen-bond donors (Lipinski definition) is 1. The first kappa shape index (κ1) is 19.1. The lowest BCUT2D eigenvalue weighted by Gasteiger charge is -2.30. The fourth-order valence-corrected chi connectivity index (χ4v) is 4.02. The summed E-state index contributed by atoms with van der Waals surface area (Å²) in [4.78, 5) is 36.0. The molecule has 1 atom stereocenters. The van der Waals surface area contributed by atoms with E-state index in [1.807, 2.05) is 18.3 Å². The summed E-state index contributed by atoms with van der Waals surface area (Å²) in [6.45, 7) is 2.79. The van der Waals surface area contributed by atoms with Gasteiger partial charge >= 0.3 is 0 Å². The molecular formula is C22H23FN4O2. The van der Waals surface area contributed by atoms with Crippen LogP contribution >= 0.6 is 0 Å². The number of benzene rings is 1. The van der Waals surface area contributed by atoms with Crippen molar-refractivity contribution in [2.24, 2.45) is 0 Å². The predicted octanol–water partition coefficient (Wildman–Crippen LogP) is 3.24. The lowest BCUT2D eigenvalue weighted by Crippen LogP contribution is -2.46. The molecule has 1 aromatic carbocycles. The number of carbonyl (C=O) groups excluding carboxylic acids is 2. The molecule has 0 aliphatic carbocycles. The fourth-order valence-electron chi connectivity index (χ4n) is 4.02. The van der Waals surface area contributed by atoms with Crippen LogP contribution in [0.25, 0.3) is 10.9 Å². The van der Waals surface area contributed by atoms with Crippen molar-refractivity contribution in [1.29, 1.82) is 0 Å². The molecule has 3 heterocycles. The maximum atomic E-state index is 13.8.